The Kier molecular flexibility index (Phi) is 4.95. The van der Waals surface area contributed by atoms with Crippen LogP contribution in [0.1, 0.15) is 43.3 Å². The first-order valence-electron chi connectivity index (χ1n) is 7.39. The van der Waals surface area contributed by atoms with Gasteiger partial charge in [-0.15, -0.1) is 0 Å². The van der Waals surface area contributed by atoms with E-state index in [1.807, 2.05) is 17.9 Å². The van der Waals surface area contributed by atoms with Crippen LogP contribution in [0.4, 0.5) is 0 Å². The molecule has 0 aliphatic carbocycles. The summed E-state index contributed by atoms with van der Waals surface area (Å²) in [4.78, 5) is 0. The summed E-state index contributed by atoms with van der Waals surface area (Å²) in [5.41, 5.74) is 3.60. The van der Waals surface area contributed by atoms with E-state index in [0.29, 0.717) is 6.04 Å². The minimum absolute atomic E-state index is 0.292. The van der Waals surface area contributed by atoms with Crippen molar-refractivity contribution in [3.63, 3.8) is 0 Å². The zero-order chi connectivity index (χ0) is 14.5. The molecular formula is C15H25N5. The van der Waals surface area contributed by atoms with Gasteiger partial charge in [0.2, 0.25) is 0 Å². The number of hydrogen-bond donors (Lipinski definition) is 1. The van der Waals surface area contributed by atoms with E-state index in [4.69, 9.17) is 0 Å². The van der Waals surface area contributed by atoms with E-state index in [1.54, 1.807) is 0 Å². The van der Waals surface area contributed by atoms with Crippen LogP contribution in [0.2, 0.25) is 0 Å². The van der Waals surface area contributed by atoms with Crippen molar-refractivity contribution in [2.75, 3.05) is 6.54 Å². The van der Waals surface area contributed by atoms with Gasteiger partial charge in [0.15, 0.2) is 0 Å². The average Bonchev–Trinajstić information content (AvgIpc) is 3.00. The van der Waals surface area contributed by atoms with Gasteiger partial charge >= 0.3 is 0 Å². The highest BCUT2D eigenvalue weighted by atomic mass is 15.3. The van der Waals surface area contributed by atoms with E-state index in [-0.39, 0.29) is 0 Å². The predicted molar refractivity (Wildman–Crippen MR) is 80.6 cm³/mol. The minimum Gasteiger partial charge on any atom is -0.308 e. The van der Waals surface area contributed by atoms with Crippen molar-refractivity contribution in [3.05, 3.63) is 35.4 Å². The SMILES string of the molecule is CCCNC(Cc1cnn(C)c1)c1cc(C)nn1CC. The van der Waals surface area contributed by atoms with Crippen molar-refractivity contribution in [1.29, 1.82) is 0 Å². The summed E-state index contributed by atoms with van der Waals surface area (Å²) in [6.07, 6.45) is 6.10. The summed E-state index contributed by atoms with van der Waals surface area (Å²) in [6.45, 7) is 8.30. The average molecular weight is 275 g/mol. The second-order valence-electron chi connectivity index (χ2n) is 5.26. The molecule has 0 bridgehead atoms. The van der Waals surface area contributed by atoms with Crippen molar-refractivity contribution in [2.24, 2.45) is 7.05 Å². The molecule has 0 aliphatic rings. The smallest absolute Gasteiger partial charge is 0.0597 e. The van der Waals surface area contributed by atoms with Gasteiger partial charge in [-0.25, -0.2) is 0 Å². The molecule has 110 valence electrons. The maximum absolute atomic E-state index is 4.56. The molecule has 0 saturated heterocycles. The van der Waals surface area contributed by atoms with E-state index in [1.165, 1.54) is 11.3 Å². The first kappa shape index (κ1) is 14.8. The highest BCUT2D eigenvalue weighted by Gasteiger charge is 2.17. The van der Waals surface area contributed by atoms with E-state index >= 15 is 0 Å². The first-order valence-corrected chi connectivity index (χ1v) is 7.39. The molecule has 0 fully saturated rings. The van der Waals surface area contributed by atoms with Gasteiger partial charge in [0.25, 0.3) is 0 Å². The Morgan fingerprint density at radius 1 is 1.35 bits per heavy atom. The van der Waals surface area contributed by atoms with Crippen molar-refractivity contribution in [3.8, 4) is 0 Å². The second kappa shape index (κ2) is 6.70. The molecule has 0 radical (unpaired) electrons. The van der Waals surface area contributed by atoms with Gasteiger partial charge < -0.3 is 5.32 Å². The molecule has 2 heterocycles. The van der Waals surface area contributed by atoms with Crippen LogP contribution < -0.4 is 5.32 Å². The van der Waals surface area contributed by atoms with E-state index in [2.05, 4.69) is 53.2 Å². The van der Waals surface area contributed by atoms with Crippen LogP contribution in [-0.2, 0) is 20.0 Å². The normalized spacial score (nSPS) is 12.8. The summed E-state index contributed by atoms with van der Waals surface area (Å²) in [5, 5.41) is 12.5. The number of nitrogens with zero attached hydrogens (tertiary/aromatic N) is 4. The lowest BCUT2D eigenvalue weighted by Gasteiger charge is -2.19. The van der Waals surface area contributed by atoms with Gasteiger partial charge in [-0.05, 0) is 44.9 Å². The van der Waals surface area contributed by atoms with Gasteiger partial charge in [-0.1, -0.05) is 6.92 Å². The fourth-order valence-electron chi connectivity index (χ4n) is 2.51. The molecule has 0 aliphatic heterocycles. The Labute approximate surface area is 121 Å². The van der Waals surface area contributed by atoms with E-state index < -0.39 is 0 Å². The molecule has 0 saturated carbocycles. The van der Waals surface area contributed by atoms with Gasteiger partial charge in [-0.2, -0.15) is 10.2 Å². The summed E-state index contributed by atoms with van der Waals surface area (Å²) in [5.74, 6) is 0. The van der Waals surface area contributed by atoms with Gasteiger partial charge in [0.05, 0.1) is 23.6 Å². The van der Waals surface area contributed by atoms with Crippen LogP contribution in [0.15, 0.2) is 18.5 Å². The molecule has 2 rings (SSSR count). The van der Waals surface area contributed by atoms with Crippen LogP contribution in [0.5, 0.6) is 0 Å². The zero-order valence-corrected chi connectivity index (χ0v) is 12.9. The van der Waals surface area contributed by atoms with E-state index in [0.717, 1.165) is 31.6 Å². The third kappa shape index (κ3) is 3.48. The fraction of sp³-hybridized carbons (Fsp3) is 0.600. The topological polar surface area (TPSA) is 47.7 Å². The quantitative estimate of drug-likeness (QED) is 0.843. The molecule has 1 unspecified atom stereocenters. The number of rotatable bonds is 7. The first-order chi connectivity index (χ1) is 9.63. The van der Waals surface area contributed by atoms with Crippen molar-refractivity contribution in [2.45, 2.75) is 46.2 Å². The molecular weight excluding hydrogens is 250 g/mol. The lowest BCUT2D eigenvalue weighted by atomic mass is 10.1. The van der Waals surface area contributed by atoms with Crippen LogP contribution in [0, 0.1) is 6.92 Å². The molecule has 1 N–H and O–H groups in total. The summed E-state index contributed by atoms with van der Waals surface area (Å²) in [7, 11) is 1.96. The fourth-order valence-corrected chi connectivity index (χ4v) is 2.51. The lowest BCUT2D eigenvalue weighted by Crippen LogP contribution is -2.26. The highest BCUT2D eigenvalue weighted by molar-refractivity contribution is 5.17. The molecule has 0 amide bonds. The summed E-state index contributed by atoms with van der Waals surface area (Å²) >= 11 is 0. The van der Waals surface area contributed by atoms with Gasteiger partial charge in [0, 0.05) is 19.8 Å². The molecule has 2 aromatic rings. The van der Waals surface area contributed by atoms with Crippen LogP contribution in [-0.4, -0.2) is 26.1 Å². The van der Waals surface area contributed by atoms with Crippen molar-refractivity contribution >= 4 is 0 Å². The Hall–Kier alpha value is -1.62. The predicted octanol–water partition coefficient (Wildman–Crippen LogP) is 2.23. The molecule has 20 heavy (non-hydrogen) atoms. The summed E-state index contributed by atoms with van der Waals surface area (Å²) in [6, 6.07) is 2.48. The number of nitrogens with one attached hydrogen (secondary N) is 1. The maximum Gasteiger partial charge on any atom is 0.0597 e. The molecule has 5 heteroatoms. The standard InChI is InChI=1S/C15H25N5/c1-5-7-16-14(9-13-10-17-19(4)11-13)15-8-12(3)18-20(15)6-2/h8,10-11,14,16H,5-7,9H2,1-4H3. The molecule has 5 nitrogen and oxygen atoms in total. The third-order valence-electron chi connectivity index (χ3n) is 3.43. The molecule has 0 spiro atoms. The van der Waals surface area contributed by atoms with Crippen LogP contribution in [0.3, 0.4) is 0 Å². The Morgan fingerprint density at radius 3 is 2.75 bits per heavy atom. The minimum atomic E-state index is 0.292. The molecule has 1 atom stereocenters. The second-order valence-corrected chi connectivity index (χ2v) is 5.26. The summed E-state index contributed by atoms with van der Waals surface area (Å²) < 4.78 is 3.95. The Balaban J connectivity index is 2.21. The van der Waals surface area contributed by atoms with Gasteiger partial charge in [0.1, 0.15) is 0 Å². The number of aromatic nitrogens is 4. The monoisotopic (exact) mass is 275 g/mol. The van der Waals surface area contributed by atoms with Crippen molar-refractivity contribution < 1.29 is 0 Å². The van der Waals surface area contributed by atoms with Crippen LogP contribution >= 0.6 is 0 Å². The maximum atomic E-state index is 4.56. The Morgan fingerprint density at radius 2 is 2.15 bits per heavy atom. The number of aryl methyl sites for hydroxylation is 3. The largest absolute Gasteiger partial charge is 0.308 e. The van der Waals surface area contributed by atoms with Crippen LogP contribution in [0.25, 0.3) is 0 Å². The highest BCUT2D eigenvalue weighted by Crippen LogP contribution is 2.19. The van der Waals surface area contributed by atoms with Crippen molar-refractivity contribution in [1.82, 2.24) is 24.9 Å². The Bertz CT molecular complexity index is 540. The zero-order valence-electron chi connectivity index (χ0n) is 12.9. The third-order valence-corrected chi connectivity index (χ3v) is 3.43. The number of hydrogen-bond acceptors (Lipinski definition) is 3. The van der Waals surface area contributed by atoms with Gasteiger partial charge in [-0.3, -0.25) is 9.36 Å². The lowest BCUT2D eigenvalue weighted by molar-refractivity contribution is 0.478. The molecule has 2 aromatic heterocycles. The molecule has 0 aromatic carbocycles. The van der Waals surface area contributed by atoms with E-state index in [9.17, 15) is 0 Å².